The lowest BCUT2D eigenvalue weighted by molar-refractivity contribution is -0.136. The fourth-order valence-corrected chi connectivity index (χ4v) is 1.50. The number of aryl methyl sites for hydroxylation is 1. The number of rotatable bonds is 6. The van der Waals surface area contributed by atoms with Gasteiger partial charge in [-0.3, -0.25) is 14.4 Å². The molecule has 0 aliphatic rings. The maximum Gasteiger partial charge on any atom is 0.313 e. The van der Waals surface area contributed by atoms with Gasteiger partial charge in [0, 0.05) is 18.8 Å². The Labute approximate surface area is 116 Å². The zero-order chi connectivity index (χ0) is 15.0. The van der Waals surface area contributed by atoms with Crippen LogP contribution in [0.5, 0.6) is 5.75 Å². The van der Waals surface area contributed by atoms with Crippen LogP contribution in [0.3, 0.4) is 0 Å². The highest BCUT2D eigenvalue weighted by Crippen LogP contribution is 2.19. The molecule has 0 atom stereocenters. The number of nitrogens with one attached hydrogen (secondary N) is 3. The molecule has 0 aliphatic heterocycles. The molecule has 0 fully saturated rings. The van der Waals surface area contributed by atoms with Crippen molar-refractivity contribution in [3.05, 3.63) is 23.8 Å². The number of benzene rings is 1. The van der Waals surface area contributed by atoms with Crippen LogP contribution >= 0.6 is 0 Å². The molecule has 0 heterocycles. The molecule has 20 heavy (non-hydrogen) atoms. The van der Waals surface area contributed by atoms with Crippen LogP contribution in [0.15, 0.2) is 18.2 Å². The van der Waals surface area contributed by atoms with Gasteiger partial charge in [-0.25, -0.2) is 0 Å². The Balaban J connectivity index is 2.41. The van der Waals surface area contributed by atoms with E-state index in [1.165, 1.54) is 18.2 Å². The van der Waals surface area contributed by atoms with Gasteiger partial charge in [-0.2, -0.15) is 0 Å². The summed E-state index contributed by atoms with van der Waals surface area (Å²) in [4.78, 5) is 33.1. The number of hydrogen-bond acceptors (Lipinski definition) is 4. The molecule has 0 unspecified atom stereocenters. The molecule has 7 heteroatoms. The van der Waals surface area contributed by atoms with Crippen molar-refractivity contribution in [1.29, 1.82) is 0 Å². The van der Waals surface area contributed by atoms with E-state index in [2.05, 4.69) is 16.0 Å². The quantitative estimate of drug-likeness (QED) is 0.252. The van der Waals surface area contributed by atoms with E-state index in [1.54, 1.807) is 6.92 Å². The number of phenols is 1. The van der Waals surface area contributed by atoms with E-state index in [1.807, 2.05) is 0 Å². The molecule has 0 aromatic heterocycles. The van der Waals surface area contributed by atoms with Gasteiger partial charge < -0.3 is 21.1 Å². The fraction of sp³-hybridized carbons (Fsp3) is 0.308. The summed E-state index contributed by atoms with van der Waals surface area (Å²) in [5.74, 6) is -1.43. The van der Waals surface area contributed by atoms with Crippen molar-refractivity contribution < 1.29 is 19.5 Å². The van der Waals surface area contributed by atoms with Gasteiger partial charge >= 0.3 is 11.8 Å². The lowest BCUT2D eigenvalue weighted by Gasteiger charge is -2.09. The van der Waals surface area contributed by atoms with E-state index in [9.17, 15) is 19.5 Å². The third-order valence-corrected chi connectivity index (χ3v) is 2.53. The Morgan fingerprint density at radius 3 is 2.65 bits per heavy atom. The number of phenolic OH excluding ortho intramolecular Hbond substituents is 1. The molecule has 0 aliphatic carbocycles. The first-order valence-electron chi connectivity index (χ1n) is 6.10. The van der Waals surface area contributed by atoms with Gasteiger partial charge in [0.25, 0.3) is 0 Å². The minimum Gasteiger partial charge on any atom is -0.508 e. The maximum absolute atomic E-state index is 11.6. The lowest BCUT2D eigenvalue weighted by atomic mass is 10.2. The molecule has 0 spiro atoms. The van der Waals surface area contributed by atoms with E-state index in [0.29, 0.717) is 37.2 Å². The summed E-state index contributed by atoms with van der Waals surface area (Å²) in [6.07, 6.45) is 1.11. The predicted molar refractivity (Wildman–Crippen MR) is 73.2 cm³/mol. The van der Waals surface area contributed by atoms with Gasteiger partial charge in [0.1, 0.15) is 5.75 Å². The number of hydrogen-bond donors (Lipinski definition) is 4. The predicted octanol–water partition coefficient (Wildman–Crippen LogP) is -0.109. The summed E-state index contributed by atoms with van der Waals surface area (Å²) in [6, 6.07) is 4.42. The van der Waals surface area contributed by atoms with E-state index in [4.69, 9.17) is 0 Å². The number of amides is 3. The standard InChI is InChI=1S/C13H17N3O4/c1-9-7-10(18)3-4-11(9)16-13(20)12(19)15-6-2-5-14-8-17/h3-4,7-8,18H,2,5-6H2,1H3,(H,14,17)(H,15,19)(H,16,20). The highest BCUT2D eigenvalue weighted by Gasteiger charge is 2.13. The van der Waals surface area contributed by atoms with Crippen LogP contribution in [0, 0.1) is 6.92 Å². The number of carbonyl (C=O) groups excluding carboxylic acids is 3. The summed E-state index contributed by atoms with van der Waals surface area (Å²) >= 11 is 0. The van der Waals surface area contributed by atoms with Crippen LogP contribution in [-0.2, 0) is 14.4 Å². The molecule has 1 rings (SSSR count). The summed E-state index contributed by atoms with van der Waals surface area (Å²) in [5.41, 5.74) is 1.12. The van der Waals surface area contributed by atoms with Gasteiger partial charge in [-0.05, 0) is 37.1 Å². The van der Waals surface area contributed by atoms with Gasteiger partial charge in [-0.15, -0.1) is 0 Å². The minimum atomic E-state index is -0.776. The summed E-state index contributed by atoms with van der Waals surface area (Å²) < 4.78 is 0. The Hall–Kier alpha value is -2.57. The normalized spacial score (nSPS) is 9.65. The zero-order valence-corrected chi connectivity index (χ0v) is 11.1. The fourth-order valence-electron chi connectivity index (χ4n) is 1.50. The highest BCUT2D eigenvalue weighted by atomic mass is 16.3. The van der Waals surface area contributed by atoms with E-state index >= 15 is 0 Å². The molecular formula is C13H17N3O4. The minimum absolute atomic E-state index is 0.0904. The van der Waals surface area contributed by atoms with E-state index in [-0.39, 0.29) is 5.75 Å². The van der Waals surface area contributed by atoms with Crippen molar-refractivity contribution >= 4 is 23.9 Å². The van der Waals surface area contributed by atoms with Gasteiger partial charge in [0.05, 0.1) is 0 Å². The molecule has 1 aromatic carbocycles. The SMILES string of the molecule is Cc1cc(O)ccc1NC(=O)C(=O)NCCCNC=O. The van der Waals surface area contributed by atoms with Crippen molar-refractivity contribution in [2.75, 3.05) is 18.4 Å². The molecular weight excluding hydrogens is 262 g/mol. The third kappa shape index (κ3) is 4.97. The van der Waals surface area contributed by atoms with Crippen molar-refractivity contribution in [3.8, 4) is 5.75 Å². The third-order valence-electron chi connectivity index (χ3n) is 2.53. The number of aromatic hydroxyl groups is 1. The smallest absolute Gasteiger partial charge is 0.313 e. The molecule has 0 saturated heterocycles. The maximum atomic E-state index is 11.6. The molecule has 1 aromatic rings. The summed E-state index contributed by atoms with van der Waals surface area (Å²) in [6.45, 7) is 2.43. The average Bonchev–Trinajstić information content (AvgIpc) is 2.41. The molecule has 4 N–H and O–H groups in total. The van der Waals surface area contributed by atoms with Gasteiger partial charge in [-0.1, -0.05) is 0 Å². The second kappa shape index (κ2) is 7.78. The topological polar surface area (TPSA) is 108 Å². The van der Waals surface area contributed by atoms with E-state index < -0.39 is 11.8 Å². The Morgan fingerprint density at radius 2 is 2.00 bits per heavy atom. The Kier molecular flexibility index (Phi) is 6.02. The Morgan fingerprint density at radius 1 is 1.25 bits per heavy atom. The van der Waals surface area contributed by atoms with E-state index in [0.717, 1.165) is 0 Å². The first kappa shape index (κ1) is 15.5. The van der Waals surface area contributed by atoms with Crippen LogP contribution in [0.4, 0.5) is 5.69 Å². The molecule has 0 radical (unpaired) electrons. The van der Waals surface area contributed by atoms with Crippen molar-refractivity contribution in [1.82, 2.24) is 10.6 Å². The number of carbonyl (C=O) groups is 3. The molecule has 108 valence electrons. The highest BCUT2D eigenvalue weighted by molar-refractivity contribution is 6.39. The number of anilines is 1. The molecule has 0 bridgehead atoms. The van der Waals surface area contributed by atoms with Gasteiger partial charge in [0.2, 0.25) is 6.41 Å². The summed E-state index contributed by atoms with van der Waals surface area (Å²) in [5, 5.41) is 16.6. The first-order valence-corrected chi connectivity index (χ1v) is 6.10. The van der Waals surface area contributed by atoms with Crippen molar-refractivity contribution in [2.45, 2.75) is 13.3 Å². The zero-order valence-electron chi connectivity index (χ0n) is 11.1. The second-order valence-corrected chi connectivity index (χ2v) is 4.13. The molecule has 0 saturated carbocycles. The van der Waals surface area contributed by atoms with Crippen LogP contribution in [0.25, 0.3) is 0 Å². The molecule has 3 amide bonds. The monoisotopic (exact) mass is 279 g/mol. The van der Waals surface area contributed by atoms with Gasteiger partial charge in [0.15, 0.2) is 0 Å². The van der Waals surface area contributed by atoms with Crippen LogP contribution in [-0.4, -0.2) is 36.4 Å². The van der Waals surface area contributed by atoms with Crippen LogP contribution in [0.2, 0.25) is 0 Å². The average molecular weight is 279 g/mol. The Bertz CT molecular complexity index is 502. The summed E-state index contributed by atoms with van der Waals surface area (Å²) in [7, 11) is 0. The molecule has 7 nitrogen and oxygen atoms in total. The lowest BCUT2D eigenvalue weighted by Crippen LogP contribution is -2.36. The van der Waals surface area contributed by atoms with Crippen LogP contribution < -0.4 is 16.0 Å². The first-order chi connectivity index (χ1) is 9.54. The van der Waals surface area contributed by atoms with Crippen molar-refractivity contribution in [2.24, 2.45) is 0 Å². The van der Waals surface area contributed by atoms with Crippen molar-refractivity contribution in [3.63, 3.8) is 0 Å². The largest absolute Gasteiger partial charge is 0.508 e. The van der Waals surface area contributed by atoms with Crippen LogP contribution in [0.1, 0.15) is 12.0 Å². The second-order valence-electron chi connectivity index (χ2n) is 4.13.